The number of aromatic carboxylic acids is 1. The molecule has 8 N–H and O–H groups in total. The number of para-hydroxylation sites is 1. The molecule has 6 heterocycles. The van der Waals surface area contributed by atoms with E-state index in [4.69, 9.17) is 33.8 Å². The van der Waals surface area contributed by atoms with Gasteiger partial charge in [0.2, 0.25) is 5.91 Å². The third-order valence-corrected chi connectivity index (χ3v) is 22.6. The summed E-state index contributed by atoms with van der Waals surface area (Å²) in [5.41, 5.74) is 4.65. The first kappa shape index (κ1) is 77.2. The number of aliphatic hydroxyl groups excluding tert-OH is 3. The number of benzene rings is 3. The Kier molecular flexibility index (Phi) is 24.1. The van der Waals surface area contributed by atoms with Crippen LogP contribution in [0.2, 0.25) is 0 Å². The van der Waals surface area contributed by atoms with Gasteiger partial charge in [-0.05, 0) is 142 Å². The summed E-state index contributed by atoms with van der Waals surface area (Å²) >= 11 is 1.41. The molecule has 6 aromatic rings. The van der Waals surface area contributed by atoms with Crippen LogP contribution in [0.1, 0.15) is 135 Å². The number of amides is 5. The van der Waals surface area contributed by atoms with E-state index in [9.17, 15) is 69.0 Å². The number of likely N-dealkylation sites (tertiary alicyclic amines) is 1. The second kappa shape index (κ2) is 33.4. The minimum absolute atomic E-state index is 0.00133. The van der Waals surface area contributed by atoms with Crippen LogP contribution < -0.4 is 25.0 Å². The molecule has 107 heavy (non-hydrogen) atoms. The van der Waals surface area contributed by atoms with Crippen molar-refractivity contribution in [2.45, 2.75) is 160 Å². The smallest absolute Gasteiger partial charge is 0.410 e. The van der Waals surface area contributed by atoms with E-state index in [0.717, 1.165) is 76.2 Å². The van der Waals surface area contributed by atoms with Gasteiger partial charge < -0.3 is 69.4 Å². The monoisotopic (exact) mass is 1490 g/mol. The lowest BCUT2D eigenvalue weighted by molar-refractivity contribution is -0.180. The molecule has 9 atom stereocenters. The van der Waals surface area contributed by atoms with Gasteiger partial charge in [-0.25, -0.2) is 19.6 Å². The molecule has 572 valence electrons. The number of carbonyl (C=O) groups excluding carboxylic acids is 5. The van der Waals surface area contributed by atoms with Crippen molar-refractivity contribution in [3.05, 3.63) is 125 Å². The number of hydrogen-bond acceptors (Lipinski definition) is 22. The number of aliphatic hydroxyl groups is 3. The summed E-state index contributed by atoms with van der Waals surface area (Å²) < 4.78 is 33.9. The molecule has 29 nitrogen and oxygen atoms in total. The predicted octanol–water partition coefficient (Wildman–Crippen LogP) is 7.49. The van der Waals surface area contributed by atoms with Crippen LogP contribution in [0.3, 0.4) is 0 Å². The zero-order chi connectivity index (χ0) is 75.9. The summed E-state index contributed by atoms with van der Waals surface area (Å²) in [6.45, 7) is 12.4. The van der Waals surface area contributed by atoms with Crippen molar-refractivity contribution in [3.63, 3.8) is 0 Å². The second-order valence-electron chi connectivity index (χ2n) is 30.0. The largest absolute Gasteiger partial charge is 0.491 e. The Morgan fingerprint density at radius 3 is 2.35 bits per heavy atom. The van der Waals surface area contributed by atoms with Crippen LogP contribution in [-0.2, 0) is 64.3 Å². The first-order valence-corrected chi connectivity index (χ1v) is 37.4. The van der Waals surface area contributed by atoms with E-state index in [-0.39, 0.29) is 105 Å². The molecular weight excluding hydrogens is 1400 g/mol. The Morgan fingerprint density at radius 2 is 1.59 bits per heavy atom. The average Bonchev–Trinajstić information content (AvgIpc) is 1.21. The van der Waals surface area contributed by atoms with E-state index < -0.39 is 71.8 Å². The van der Waals surface area contributed by atoms with Crippen molar-refractivity contribution in [1.82, 2.24) is 39.8 Å². The number of rotatable bonds is 31. The highest BCUT2D eigenvalue weighted by Gasteiger charge is 2.56. The van der Waals surface area contributed by atoms with Gasteiger partial charge in [0.25, 0.3) is 17.7 Å². The van der Waals surface area contributed by atoms with Crippen LogP contribution in [0.5, 0.6) is 11.5 Å². The van der Waals surface area contributed by atoms with Gasteiger partial charge in [0.05, 0.1) is 53.9 Å². The molecule has 1 saturated heterocycles. The fraction of sp³-hybridized carbons (Fsp3) is 0.519. The summed E-state index contributed by atoms with van der Waals surface area (Å²) in [5, 5.41) is 73.0. The van der Waals surface area contributed by atoms with Crippen molar-refractivity contribution in [3.8, 4) is 22.6 Å². The molecule has 3 saturated carbocycles. The molecule has 6 aliphatic rings. The van der Waals surface area contributed by atoms with E-state index in [1.165, 1.54) is 23.5 Å². The molecule has 12 rings (SSSR count). The van der Waals surface area contributed by atoms with Crippen LogP contribution in [0.15, 0.2) is 91.1 Å². The van der Waals surface area contributed by atoms with Gasteiger partial charge in [0.1, 0.15) is 48.8 Å². The molecule has 3 aromatic heterocycles. The summed E-state index contributed by atoms with van der Waals surface area (Å²) in [6.07, 6.45) is 3.25. The second-order valence-corrected chi connectivity index (χ2v) is 31.1. The standard InChI is InChI=1S/C77H94N10O19S/c1-46-37-75(3)42-76(4,45-87-47(2)55(39-79-87)52-16-17-61(81-66(52)72(99)100)85-26-20-48-9-7-10-53(56(48)40-85)70(96)82-73-80-57-11-5-6-12-60(57)107-73)44-77(38-46,43-75)105-32-30-83(25-8-13-65(91)92)50-21-27-84(28-22-50)74(101)104-41-49-14-15-51(106-59-36-54(71(97)98)67(93)69(95)68(59)94)35-58(49)103-34-33-102-31-24-78-62(88)23-29-86-63(89)18-19-64(86)90/h5-7,9-12,14-19,35,39,46,50,54,59,67-69,93-95H,8,13,20-34,36-38,40-45H2,1-4H3,(H,78,88)(H,91,92)(H,97,98)(H,99,100)(H,80,82,96)/t46?,54-,59+,67+,68-,69-,75?,76?,77?/m0/s1. The van der Waals surface area contributed by atoms with Crippen LogP contribution >= 0.6 is 11.3 Å². The van der Waals surface area contributed by atoms with Gasteiger partial charge in [-0.2, -0.15) is 5.10 Å². The Bertz CT molecular complexity index is 4280. The van der Waals surface area contributed by atoms with Gasteiger partial charge in [0, 0.05) is 124 Å². The van der Waals surface area contributed by atoms with Gasteiger partial charge in [-0.3, -0.25) is 48.6 Å². The lowest BCUT2D eigenvalue weighted by Gasteiger charge is -2.59. The molecule has 5 amide bonds. The number of fused-ring (bicyclic) bond motifs is 4. The maximum absolute atomic E-state index is 13.9. The number of hydrogen-bond donors (Lipinski definition) is 8. The van der Waals surface area contributed by atoms with E-state index in [2.05, 4.69) is 41.3 Å². The van der Waals surface area contributed by atoms with Crippen LogP contribution in [0.4, 0.5) is 15.7 Å². The number of carboxylic acid groups (broad SMARTS) is 3. The minimum Gasteiger partial charge on any atom is -0.491 e. The van der Waals surface area contributed by atoms with E-state index in [1.54, 1.807) is 23.2 Å². The first-order valence-electron chi connectivity index (χ1n) is 36.6. The van der Waals surface area contributed by atoms with Crippen LogP contribution in [0, 0.1) is 29.6 Å². The quantitative estimate of drug-likeness (QED) is 0.0154. The summed E-state index contributed by atoms with van der Waals surface area (Å²) in [4.78, 5) is 117. The summed E-state index contributed by atoms with van der Waals surface area (Å²) in [7, 11) is 0. The highest BCUT2D eigenvalue weighted by molar-refractivity contribution is 7.22. The first-order chi connectivity index (χ1) is 51.2. The van der Waals surface area contributed by atoms with Crippen LogP contribution in [0.25, 0.3) is 21.3 Å². The van der Waals surface area contributed by atoms with Crippen LogP contribution in [-0.4, -0.2) is 221 Å². The Hall–Kier alpha value is -9.43. The normalized spacial score (nSPS) is 24.4. The number of nitrogens with zero attached hydrogens (tertiary/aromatic N) is 8. The number of ether oxygens (including phenoxy) is 5. The number of pyridine rings is 1. The maximum atomic E-state index is 13.9. The summed E-state index contributed by atoms with van der Waals surface area (Å²) in [6, 6.07) is 21.6. The Morgan fingerprint density at radius 1 is 0.804 bits per heavy atom. The highest BCUT2D eigenvalue weighted by atomic mass is 32.1. The molecule has 2 bridgehead atoms. The Balaban J connectivity index is 0.657. The van der Waals surface area contributed by atoms with Gasteiger partial charge >= 0.3 is 24.0 Å². The number of nitrogens with one attached hydrogen (secondary N) is 2. The fourth-order valence-corrected chi connectivity index (χ4v) is 18.1. The average molecular weight is 1500 g/mol. The Labute approximate surface area is 622 Å². The van der Waals surface area contributed by atoms with Crippen molar-refractivity contribution >= 4 is 80.1 Å². The highest BCUT2D eigenvalue weighted by Crippen LogP contribution is 2.60. The topological polar surface area (TPSA) is 385 Å². The molecular formula is C77H94N10O19S. The molecule has 0 radical (unpaired) electrons. The van der Waals surface area contributed by atoms with Gasteiger partial charge in [0.15, 0.2) is 10.8 Å². The van der Waals surface area contributed by atoms with E-state index in [0.29, 0.717) is 117 Å². The number of piperidine rings is 1. The number of carbonyl (C=O) groups is 8. The third-order valence-electron chi connectivity index (χ3n) is 21.6. The van der Waals surface area contributed by atoms with Gasteiger partial charge in [-0.15, -0.1) is 0 Å². The minimum atomic E-state index is -1.80. The zero-order valence-electron chi connectivity index (χ0n) is 60.6. The lowest BCUT2D eigenvalue weighted by Crippen LogP contribution is -2.57. The number of anilines is 2. The number of carboxylic acids is 3. The SMILES string of the molecule is Cc1c(-c2ccc(N3CCc4cccc(C(=O)Nc5nc6ccccc6s5)c4C3)nc2C(=O)O)cnn1CC1(C)CC2(C)CC(C)CC(OCCN(CCCC(=O)O)C3CCN(C(=O)OCc4ccc(O[C@@H]5C[C@H](C(=O)O)[C@@H](O)[C@H](O)[C@H]5O)cc4OCCOCCNC(=O)CCN4C(=O)C=CC4=O)CC3)(C2)C1. The third kappa shape index (κ3) is 18.4. The lowest BCUT2D eigenvalue weighted by atomic mass is 9.51. The maximum Gasteiger partial charge on any atom is 0.410 e. The zero-order valence-corrected chi connectivity index (χ0v) is 61.4. The molecule has 30 heteroatoms. The van der Waals surface area contributed by atoms with Gasteiger partial charge in [-0.1, -0.05) is 56.4 Å². The van der Waals surface area contributed by atoms with Crippen molar-refractivity contribution < 1.29 is 92.7 Å². The molecule has 4 fully saturated rings. The predicted molar refractivity (Wildman–Crippen MR) is 391 cm³/mol. The van der Waals surface area contributed by atoms with E-state index in [1.807, 2.05) is 65.0 Å². The molecule has 4 unspecified atom stereocenters. The number of imide groups is 1. The van der Waals surface area contributed by atoms with Crippen molar-refractivity contribution in [2.75, 3.05) is 82.5 Å². The molecule has 3 aliphatic carbocycles. The molecule has 0 spiro atoms. The number of thiazole rings is 1. The fourth-order valence-electron chi connectivity index (χ4n) is 17.3. The number of aromatic nitrogens is 4. The van der Waals surface area contributed by atoms with Crippen molar-refractivity contribution in [1.29, 1.82) is 0 Å². The van der Waals surface area contributed by atoms with Crippen molar-refractivity contribution in [2.24, 2.45) is 22.7 Å². The number of aliphatic carboxylic acids is 2. The summed E-state index contributed by atoms with van der Waals surface area (Å²) in [5.74, 6) is -5.31. The molecule has 3 aromatic carbocycles. The molecule has 3 aliphatic heterocycles. The van der Waals surface area contributed by atoms with E-state index >= 15 is 0 Å².